The van der Waals surface area contributed by atoms with E-state index in [0.717, 1.165) is 11.1 Å². The molecule has 1 aromatic heterocycles. The molecule has 0 radical (unpaired) electrons. The lowest BCUT2D eigenvalue weighted by molar-refractivity contribution is -0.118. The highest BCUT2D eigenvalue weighted by Gasteiger charge is 2.17. The number of nitrogens with one attached hydrogen (secondary N) is 2. The van der Waals surface area contributed by atoms with Crippen molar-refractivity contribution in [2.24, 2.45) is 0 Å². The lowest BCUT2D eigenvalue weighted by atomic mass is 10.1. The van der Waals surface area contributed by atoms with Crippen molar-refractivity contribution in [1.29, 1.82) is 0 Å². The smallest absolute Gasteiger partial charge is 0.268 e. The van der Waals surface area contributed by atoms with Gasteiger partial charge in [-0.1, -0.05) is 48.0 Å². The molecule has 3 aromatic rings. The summed E-state index contributed by atoms with van der Waals surface area (Å²) in [5.41, 5.74) is 2.71. The van der Waals surface area contributed by atoms with E-state index in [1.54, 1.807) is 36.4 Å². The number of furan rings is 1. The minimum atomic E-state index is -0.395. The Hall–Kier alpha value is -3.60. The summed E-state index contributed by atoms with van der Waals surface area (Å²) in [4.78, 5) is 25.4. The maximum absolute atomic E-state index is 12.9. The van der Waals surface area contributed by atoms with Crippen LogP contribution in [-0.4, -0.2) is 11.8 Å². The molecule has 0 fully saturated rings. The SMILES string of the molecule is Cc1ccc([C@H](C)NC(=O)/C(=C/c2ccco2)NC(=O)c2ccccc2)cc1. The molecule has 0 bridgehead atoms. The van der Waals surface area contributed by atoms with Crippen molar-refractivity contribution < 1.29 is 14.0 Å². The minimum Gasteiger partial charge on any atom is -0.465 e. The van der Waals surface area contributed by atoms with Crippen LogP contribution in [0.2, 0.25) is 0 Å². The number of amides is 2. The average molecular weight is 374 g/mol. The van der Waals surface area contributed by atoms with Gasteiger partial charge in [0.2, 0.25) is 0 Å². The van der Waals surface area contributed by atoms with Gasteiger partial charge in [-0.3, -0.25) is 9.59 Å². The van der Waals surface area contributed by atoms with Gasteiger partial charge in [-0.15, -0.1) is 0 Å². The fraction of sp³-hybridized carbons (Fsp3) is 0.130. The highest BCUT2D eigenvalue weighted by atomic mass is 16.3. The van der Waals surface area contributed by atoms with Crippen LogP contribution < -0.4 is 10.6 Å². The fourth-order valence-corrected chi connectivity index (χ4v) is 2.67. The molecule has 0 aliphatic rings. The van der Waals surface area contributed by atoms with Gasteiger partial charge in [-0.2, -0.15) is 0 Å². The first kappa shape index (κ1) is 19.2. The molecular weight excluding hydrogens is 352 g/mol. The third-order valence-corrected chi connectivity index (χ3v) is 4.28. The monoisotopic (exact) mass is 374 g/mol. The van der Waals surface area contributed by atoms with Crippen molar-refractivity contribution in [1.82, 2.24) is 10.6 Å². The van der Waals surface area contributed by atoms with E-state index < -0.39 is 5.91 Å². The largest absolute Gasteiger partial charge is 0.465 e. The summed E-state index contributed by atoms with van der Waals surface area (Å²) in [7, 11) is 0. The molecule has 3 rings (SSSR count). The molecule has 28 heavy (non-hydrogen) atoms. The van der Waals surface area contributed by atoms with Crippen molar-refractivity contribution >= 4 is 17.9 Å². The molecule has 5 heteroatoms. The van der Waals surface area contributed by atoms with E-state index in [0.29, 0.717) is 11.3 Å². The normalized spacial score (nSPS) is 12.3. The standard InChI is InChI=1S/C23H22N2O3/c1-16-10-12-18(13-11-16)17(2)24-23(27)21(15-20-9-6-14-28-20)25-22(26)19-7-4-3-5-8-19/h3-15,17H,1-2H3,(H,24,27)(H,25,26)/b21-15-/t17-/m0/s1. The zero-order chi connectivity index (χ0) is 19.9. The molecule has 2 aromatic carbocycles. The van der Waals surface area contributed by atoms with Crippen molar-refractivity contribution in [2.75, 3.05) is 0 Å². The Morgan fingerprint density at radius 2 is 1.68 bits per heavy atom. The number of hydrogen-bond acceptors (Lipinski definition) is 3. The van der Waals surface area contributed by atoms with Crippen molar-refractivity contribution in [3.05, 3.63) is 101 Å². The predicted molar refractivity (Wildman–Crippen MR) is 108 cm³/mol. The lowest BCUT2D eigenvalue weighted by Gasteiger charge is -2.16. The van der Waals surface area contributed by atoms with Crippen molar-refractivity contribution in [3.8, 4) is 0 Å². The number of benzene rings is 2. The summed E-state index contributed by atoms with van der Waals surface area (Å²) < 4.78 is 5.30. The first-order valence-corrected chi connectivity index (χ1v) is 9.02. The number of hydrogen-bond donors (Lipinski definition) is 2. The van der Waals surface area contributed by atoms with Gasteiger partial charge in [-0.05, 0) is 43.7 Å². The highest BCUT2D eigenvalue weighted by Crippen LogP contribution is 2.15. The van der Waals surface area contributed by atoms with Crippen LogP contribution in [0.4, 0.5) is 0 Å². The maximum Gasteiger partial charge on any atom is 0.268 e. The van der Waals surface area contributed by atoms with Crippen molar-refractivity contribution in [2.45, 2.75) is 19.9 Å². The molecule has 0 spiro atoms. The molecule has 0 unspecified atom stereocenters. The van der Waals surface area contributed by atoms with Gasteiger partial charge in [0.15, 0.2) is 0 Å². The Balaban J connectivity index is 1.79. The number of aryl methyl sites for hydroxylation is 1. The van der Waals surface area contributed by atoms with E-state index in [1.165, 1.54) is 12.3 Å². The number of carbonyl (C=O) groups excluding carboxylic acids is 2. The second-order valence-electron chi connectivity index (χ2n) is 6.50. The second-order valence-corrected chi connectivity index (χ2v) is 6.50. The maximum atomic E-state index is 12.9. The van der Waals surface area contributed by atoms with Gasteiger partial charge in [-0.25, -0.2) is 0 Å². The van der Waals surface area contributed by atoms with E-state index in [2.05, 4.69) is 10.6 Å². The van der Waals surface area contributed by atoms with Crippen LogP contribution in [-0.2, 0) is 4.79 Å². The van der Waals surface area contributed by atoms with E-state index in [9.17, 15) is 9.59 Å². The van der Waals surface area contributed by atoms with Gasteiger partial charge in [0, 0.05) is 11.6 Å². The Morgan fingerprint density at radius 3 is 2.32 bits per heavy atom. The predicted octanol–water partition coefficient (Wildman–Crippen LogP) is 4.24. The first-order valence-electron chi connectivity index (χ1n) is 9.02. The number of rotatable bonds is 6. The summed E-state index contributed by atoms with van der Waals surface area (Å²) in [5, 5.41) is 5.61. The van der Waals surface area contributed by atoms with Crippen LogP contribution in [0, 0.1) is 6.92 Å². The van der Waals surface area contributed by atoms with Gasteiger partial charge in [0.1, 0.15) is 11.5 Å². The van der Waals surface area contributed by atoms with Crippen LogP contribution >= 0.6 is 0 Å². The molecule has 0 saturated heterocycles. The summed E-state index contributed by atoms with van der Waals surface area (Å²) in [6.07, 6.45) is 3.02. The van der Waals surface area contributed by atoms with Gasteiger partial charge in [0.05, 0.1) is 12.3 Å². The number of carbonyl (C=O) groups is 2. The molecule has 2 N–H and O–H groups in total. The van der Waals surface area contributed by atoms with E-state index in [4.69, 9.17) is 4.42 Å². The topological polar surface area (TPSA) is 71.3 Å². The first-order chi connectivity index (χ1) is 13.5. The van der Waals surface area contributed by atoms with Gasteiger partial charge in [0.25, 0.3) is 11.8 Å². The molecule has 0 aliphatic heterocycles. The highest BCUT2D eigenvalue weighted by molar-refractivity contribution is 6.05. The molecule has 1 heterocycles. The Labute approximate surface area is 164 Å². The summed E-state index contributed by atoms with van der Waals surface area (Å²) in [6.45, 7) is 3.91. The Kier molecular flexibility index (Phi) is 6.07. The van der Waals surface area contributed by atoms with Crippen molar-refractivity contribution in [3.63, 3.8) is 0 Å². The Bertz CT molecular complexity index is 959. The van der Waals surface area contributed by atoms with Gasteiger partial charge < -0.3 is 15.1 Å². The van der Waals surface area contributed by atoms with Crippen LogP contribution in [0.1, 0.15) is 40.2 Å². The Morgan fingerprint density at radius 1 is 0.964 bits per heavy atom. The van der Waals surface area contributed by atoms with Crippen LogP contribution in [0.15, 0.2) is 83.1 Å². The third kappa shape index (κ3) is 4.98. The molecule has 5 nitrogen and oxygen atoms in total. The van der Waals surface area contributed by atoms with E-state index in [1.807, 2.05) is 44.2 Å². The fourth-order valence-electron chi connectivity index (χ4n) is 2.67. The van der Waals surface area contributed by atoms with Crippen LogP contribution in [0.5, 0.6) is 0 Å². The molecule has 2 amide bonds. The molecule has 1 atom stereocenters. The quantitative estimate of drug-likeness (QED) is 0.634. The third-order valence-electron chi connectivity index (χ3n) is 4.28. The molecule has 0 saturated carbocycles. The average Bonchev–Trinajstić information content (AvgIpc) is 3.21. The lowest BCUT2D eigenvalue weighted by Crippen LogP contribution is -2.36. The summed E-state index contributed by atoms with van der Waals surface area (Å²) >= 11 is 0. The minimum absolute atomic E-state index is 0.114. The second kappa shape index (κ2) is 8.86. The van der Waals surface area contributed by atoms with Gasteiger partial charge >= 0.3 is 0 Å². The zero-order valence-corrected chi connectivity index (χ0v) is 15.8. The summed E-state index contributed by atoms with van der Waals surface area (Å²) in [6, 6.07) is 19.9. The van der Waals surface area contributed by atoms with Crippen LogP contribution in [0.3, 0.4) is 0 Å². The zero-order valence-electron chi connectivity index (χ0n) is 15.8. The van der Waals surface area contributed by atoms with E-state index in [-0.39, 0.29) is 17.6 Å². The molecule has 0 aliphatic carbocycles. The molecular formula is C23H22N2O3. The van der Waals surface area contributed by atoms with Crippen LogP contribution in [0.25, 0.3) is 6.08 Å². The molecule has 142 valence electrons. The summed E-state index contributed by atoms with van der Waals surface area (Å²) in [5.74, 6) is -0.285. The van der Waals surface area contributed by atoms with E-state index >= 15 is 0 Å².